The van der Waals surface area contributed by atoms with Crippen molar-refractivity contribution in [2.45, 2.75) is 71.9 Å². The van der Waals surface area contributed by atoms with Crippen LogP contribution in [-0.4, -0.2) is 73.9 Å². The van der Waals surface area contributed by atoms with Crippen LogP contribution in [0, 0.1) is 11.8 Å². The van der Waals surface area contributed by atoms with Crippen LogP contribution < -0.4 is 16.4 Å². The van der Waals surface area contributed by atoms with E-state index in [0.717, 1.165) is 0 Å². The molecule has 0 radical (unpaired) electrons. The fraction of sp³-hybridized carbons (Fsp3) is 0.500. The first-order valence-electron chi connectivity index (χ1n) is 14.2. The maximum Gasteiger partial charge on any atom is 0.405 e. The Morgan fingerprint density at radius 2 is 1.84 bits per heavy atom. The molecule has 2 bridgehead atoms. The highest BCUT2D eigenvalue weighted by atomic mass is 16.6. The van der Waals surface area contributed by atoms with Gasteiger partial charge in [0.2, 0.25) is 11.6 Å². The molecule has 2 aliphatic rings. The lowest BCUT2D eigenvalue weighted by atomic mass is 9.83. The quantitative estimate of drug-likeness (QED) is 0.265. The number of rotatable bonds is 6. The van der Waals surface area contributed by atoms with Crippen molar-refractivity contribution in [1.29, 1.82) is 0 Å². The second-order valence-electron chi connectivity index (χ2n) is 11.0. The molecule has 0 aromatic carbocycles. The molecule has 1 heterocycles. The van der Waals surface area contributed by atoms with Gasteiger partial charge >= 0.3 is 6.09 Å². The summed E-state index contributed by atoms with van der Waals surface area (Å²) in [6.07, 6.45) is 4.25. The Morgan fingerprint density at radius 3 is 2.42 bits per heavy atom. The van der Waals surface area contributed by atoms with E-state index in [2.05, 4.69) is 17.2 Å². The van der Waals surface area contributed by atoms with Crippen LogP contribution in [0.2, 0.25) is 0 Å². The molecule has 5 N–H and O–H groups in total. The molecule has 0 saturated carbocycles. The van der Waals surface area contributed by atoms with Crippen LogP contribution >= 0.6 is 0 Å². The lowest BCUT2D eigenvalue weighted by Crippen LogP contribution is -2.39. The highest BCUT2D eigenvalue weighted by Crippen LogP contribution is 2.30. The minimum atomic E-state index is -1.00. The Balaban J connectivity index is 2.67. The number of carbonyl (C=O) groups is 4. The summed E-state index contributed by atoms with van der Waals surface area (Å²) in [6, 6.07) is 0. The second-order valence-corrected chi connectivity index (χ2v) is 11.0. The summed E-state index contributed by atoms with van der Waals surface area (Å²) in [6.45, 7) is 12.4. The average molecular weight is 600 g/mol. The topological polar surface area (TPSA) is 166 Å². The van der Waals surface area contributed by atoms with Crippen LogP contribution in [0.1, 0.15) is 47.5 Å². The molecule has 6 unspecified atom stereocenters. The predicted octanol–water partition coefficient (Wildman–Crippen LogP) is 2.93. The van der Waals surface area contributed by atoms with E-state index in [1.807, 2.05) is 6.92 Å². The van der Waals surface area contributed by atoms with Gasteiger partial charge in [0.15, 0.2) is 6.10 Å². The van der Waals surface area contributed by atoms with E-state index < -0.39 is 53.9 Å². The number of Topliss-reactive ketones (excluding diaryl/α,β-unsaturated/α-hetero) is 2. The number of hydrogen-bond donors (Lipinski definition) is 4. The van der Waals surface area contributed by atoms with Crippen molar-refractivity contribution in [1.82, 2.24) is 10.6 Å². The van der Waals surface area contributed by atoms with E-state index in [1.54, 1.807) is 45.1 Å². The molecular weight excluding hydrogens is 554 g/mol. The molecule has 11 nitrogen and oxygen atoms in total. The van der Waals surface area contributed by atoms with Crippen LogP contribution in [0.4, 0.5) is 4.79 Å². The number of allylic oxidation sites excluding steroid dienone is 4. The van der Waals surface area contributed by atoms with E-state index in [0.29, 0.717) is 12.0 Å². The number of ether oxygens (including phenoxy) is 3. The number of carbonyl (C=O) groups excluding carboxylic acids is 4. The van der Waals surface area contributed by atoms with Crippen molar-refractivity contribution in [2.75, 3.05) is 20.8 Å². The van der Waals surface area contributed by atoms with Crippen molar-refractivity contribution >= 4 is 23.6 Å². The summed E-state index contributed by atoms with van der Waals surface area (Å²) in [5, 5.41) is 16.9. The predicted molar refractivity (Wildman–Crippen MR) is 162 cm³/mol. The van der Waals surface area contributed by atoms with E-state index >= 15 is 0 Å². The number of methoxy groups -OCH3 is 2. The maximum absolute atomic E-state index is 13.8. The van der Waals surface area contributed by atoms with Crippen molar-refractivity contribution in [2.24, 2.45) is 17.6 Å². The van der Waals surface area contributed by atoms with Crippen LogP contribution in [-0.2, 0) is 28.6 Å². The molecule has 6 atom stereocenters. The molecular formula is C32H45N3O8. The zero-order valence-electron chi connectivity index (χ0n) is 26.1. The summed E-state index contributed by atoms with van der Waals surface area (Å²) in [5.74, 6) is -2.08. The highest BCUT2D eigenvalue weighted by Gasteiger charge is 2.35. The third-order valence-corrected chi connectivity index (χ3v) is 7.61. The summed E-state index contributed by atoms with van der Waals surface area (Å²) in [7, 11) is 2.92. The van der Waals surface area contributed by atoms with Crippen molar-refractivity contribution in [3.63, 3.8) is 0 Å². The Labute approximate surface area is 253 Å². The van der Waals surface area contributed by atoms with Gasteiger partial charge in [0, 0.05) is 43.4 Å². The first-order valence-corrected chi connectivity index (χ1v) is 14.2. The summed E-state index contributed by atoms with van der Waals surface area (Å²) in [5.41, 5.74) is 6.62. The highest BCUT2D eigenvalue weighted by molar-refractivity contribution is 6.25. The van der Waals surface area contributed by atoms with Crippen molar-refractivity contribution in [3.05, 3.63) is 70.6 Å². The molecule has 43 heavy (non-hydrogen) atoms. The molecule has 2 amide bonds. The number of fused-ring (bicyclic) bond motifs is 2. The van der Waals surface area contributed by atoms with E-state index in [-0.39, 0.29) is 47.0 Å². The van der Waals surface area contributed by atoms with Gasteiger partial charge in [0.1, 0.15) is 6.10 Å². The smallest absolute Gasteiger partial charge is 0.405 e. The Kier molecular flexibility index (Phi) is 13.3. The molecule has 0 spiro atoms. The molecule has 236 valence electrons. The number of hydrogen-bond acceptors (Lipinski definition) is 9. The normalized spacial score (nSPS) is 28.2. The lowest BCUT2D eigenvalue weighted by molar-refractivity contribution is -0.120. The first-order chi connectivity index (χ1) is 20.3. The molecule has 0 fully saturated rings. The Hall–Kier alpha value is -3.80. The van der Waals surface area contributed by atoms with Gasteiger partial charge in [-0.1, -0.05) is 44.2 Å². The number of ketones is 2. The van der Waals surface area contributed by atoms with Gasteiger partial charge in [-0.05, 0) is 45.1 Å². The van der Waals surface area contributed by atoms with Gasteiger partial charge in [0.25, 0.3) is 5.91 Å². The number of amides is 2. The average Bonchev–Trinajstić information content (AvgIpc) is 2.96. The van der Waals surface area contributed by atoms with E-state index in [9.17, 15) is 24.3 Å². The molecule has 1 aliphatic carbocycles. The zero-order valence-corrected chi connectivity index (χ0v) is 26.1. The Morgan fingerprint density at radius 1 is 1.16 bits per heavy atom. The number of aliphatic hydroxyl groups excluding tert-OH is 1. The SMILES string of the molecule is C=CCNC1=C2CC(C)CC(OC)C(O)C(C)C=C(C)C(OC(N)=O)C(OC)C=CC=C(C)C(=O)NC(=C(C)C1=O)C2=O. The monoisotopic (exact) mass is 599 g/mol. The first kappa shape index (κ1) is 35.4. The number of primary amides is 1. The van der Waals surface area contributed by atoms with Crippen LogP contribution in [0.3, 0.4) is 0 Å². The molecule has 11 heteroatoms. The fourth-order valence-corrected chi connectivity index (χ4v) is 5.17. The fourth-order valence-electron chi connectivity index (χ4n) is 5.17. The third-order valence-electron chi connectivity index (χ3n) is 7.61. The lowest BCUT2D eigenvalue weighted by Gasteiger charge is -2.30. The number of nitrogens with one attached hydrogen (secondary N) is 2. The standard InChI is InChI=1S/C32H45N3O8/c1-9-13-34-26-22-14-17(2)15-24(42-8)27(36)19(4)16-20(5)30(43-32(33)40)23(41-7)12-10-11-18(3)31(39)35-25(29(22)38)21(6)28(26)37/h9-12,16-17,19,23-24,27,30,34,36H,1,13-15H2,2-8H3,(H2,33,40)(H,35,39). The number of nitrogens with two attached hydrogens (primary N) is 1. The van der Waals surface area contributed by atoms with Crippen LogP contribution in [0.5, 0.6) is 0 Å². The Bertz CT molecular complexity index is 1260. The van der Waals surface area contributed by atoms with Crippen molar-refractivity contribution in [3.8, 4) is 0 Å². The van der Waals surface area contributed by atoms with E-state index in [1.165, 1.54) is 27.2 Å². The molecule has 0 saturated heterocycles. The van der Waals surface area contributed by atoms with Gasteiger partial charge < -0.3 is 35.7 Å². The third kappa shape index (κ3) is 9.09. The van der Waals surface area contributed by atoms with E-state index in [4.69, 9.17) is 19.9 Å². The number of aliphatic hydroxyl groups is 1. The summed E-state index contributed by atoms with van der Waals surface area (Å²) >= 11 is 0. The summed E-state index contributed by atoms with van der Waals surface area (Å²) in [4.78, 5) is 52.0. The van der Waals surface area contributed by atoms with Gasteiger partial charge in [0.05, 0.1) is 23.6 Å². The maximum atomic E-state index is 13.8. The molecule has 0 aromatic rings. The van der Waals surface area contributed by atoms with Crippen LogP contribution in [0.15, 0.2) is 70.6 Å². The summed E-state index contributed by atoms with van der Waals surface area (Å²) < 4.78 is 16.6. The van der Waals surface area contributed by atoms with Crippen molar-refractivity contribution < 1.29 is 38.5 Å². The second kappa shape index (κ2) is 16.2. The minimum Gasteiger partial charge on any atom is -0.439 e. The van der Waals surface area contributed by atoms with Gasteiger partial charge in [-0.3, -0.25) is 14.4 Å². The van der Waals surface area contributed by atoms with Crippen LogP contribution in [0.25, 0.3) is 0 Å². The molecule has 1 aliphatic heterocycles. The molecule has 2 rings (SSSR count). The zero-order chi connectivity index (χ0) is 32.4. The molecule has 0 aromatic heterocycles. The van der Waals surface area contributed by atoms with Gasteiger partial charge in [-0.2, -0.15) is 0 Å². The van der Waals surface area contributed by atoms with Gasteiger partial charge in [-0.15, -0.1) is 6.58 Å². The largest absolute Gasteiger partial charge is 0.439 e. The van der Waals surface area contributed by atoms with Gasteiger partial charge in [-0.25, -0.2) is 4.79 Å². The minimum absolute atomic E-state index is 0.0857.